The molecule has 1 amide bonds. The zero-order valence-corrected chi connectivity index (χ0v) is 14.6. The zero-order valence-electron chi connectivity index (χ0n) is 14.6. The van der Waals surface area contributed by atoms with Crippen LogP contribution in [0.2, 0.25) is 0 Å². The first kappa shape index (κ1) is 17.4. The summed E-state index contributed by atoms with van der Waals surface area (Å²) in [6, 6.07) is 12.0. The SMILES string of the molecule is COc1ccccc1CN1CCC(C(=O)NCc2cccnc2)CC1. The van der Waals surface area contributed by atoms with Crippen LogP contribution >= 0.6 is 0 Å². The number of pyridine rings is 1. The van der Waals surface area contributed by atoms with E-state index in [4.69, 9.17) is 4.74 Å². The predicted octanol–water partition coefficient (Wildman–Crippen LogP) is 2.62. The van der Waals surface area contributed by atoms with E-state index in [2.05, 4.69) is 21.3 Å². The van der Waals surface area contributed by atoms with Crippen LogP contribution in [0.4, 0.5) is 0 Å². The molecule has 0 radical (unpaired) electrons. The molecule has 1 N–H and O–H groups in total. The summed E-state index contributed by atoms with van der Waals surface area (Å²) in [5.41, 5.74) is 2.23. The number of ether oxygens (including phenoxy) is 1. The summed E-state index contributed by atoms with van der Waals surface area (Å²) in [5, 5.41) is 3.03. The summed E-state index contributed by atoms with van der Waals surface area (Å²) in [7, 11) is 1.71. The maximum atomic E-state index is 12.4. The molecule has 5 heteroatoms. The molecular formula is C20H25N3O2. The van der Waals surface area contributed by atoms with Crippen molar-refractivity contribution in [3.05, 3.63) is 59.9 Å². The molecule has 0 unspecified atom stereocenters. The van der Waals surface area contributed by atoms with Crippen molar-refractivity contribution in [2.45, 2.75) is 25.9 Å². The summed E-state index contributed by atoms with van der Waals surface area (Å²) in [6.45, 7) is 3.29. The van der Waals surface area contributed by atoms with Crippen LogP contribution < -0.4 is 10.1 Å². The topological polar surface area (TPSA) is 54.5 Å². The lowest BCUT2D eigenvalue weighted by atomic mass is 9.95. The van der Waals surface area contributed by atoms with Crippen molar-refractivity contribution in [1.29, 1.82) is 0 Å². The highest BCUT2D eigenvalue weighted by molar-refractivity contribution is 5.78. The van der Waals surface area contributed by atoms with E-state index in [1.165, 1.54) is 5.56 Å². The van der Waals surface area contributed by atoms with Crippen molar-refractivity contribution in [1.82, 2.24) is 15.2 Å². The number of hydrogen-bond acceptors (Lipinski definition) is 4. The van der Waals surface area contributed by atoms with Gasteiger partial charge in [-0.1, -0.05) is 24.3 Å². The highest BCUT2D eigenvalue weighted by Gasteiger charge is 2.25. The summed E-state index contributed by atoms with van der Waals surface area (Å²) >= 11 is 0. The maximum Gasteiger partial charge on any atom is 0.223 e. The van der Waals surface area contributed by atoms with E-state index in [1.54, 1.807) is 19.5 Å². The van der Waals surface area contributed by atoms with Crippen molar-refractivity contribution in [3.63, 3.8) is 0 Å². The molecule has 0 spiro atoms. The molecule has 5 nitrogen and oxygen atoms in total. The molecule has 3 rings (SSSR count). The van der Waals surface area contributed by atoms with Gasteiger partial charge in [0.1, 0.15) is 5.75 Å². The summed E-state index contributed by atoms with van der Waals surface area (Å²) in [6.07, 6.45) is 5.32. The van der Waals surface area contributed by atoms with Crippen molar-refractivity contribution in [2.75, 3.05) is 20.2 Å². The number of benzene rings is 1. The van der Waals surface area contributed by atoms with Gasteiger partial charge in [-0.2, -0.15) is 0 Å². The Bertz CT molecular complexity index is 682. The van der Waals surface area contributed by atoms with Crippen LogP contribution in [0.25, 0.3) is 0 Å². The first-order valence-corrected chi connectivity index (χ1v) is 8.77. The Morgan fingerprint density at radius 1 is 1.24 bits per heavy atom. The molecule has 25 heavy (non-hydrogen) atoms. The number of methoxy groups -OCH3 is 1. The Balaban J connectivity index is 1.46. The quantitative estimate of drug-likeness (QED) is 0.879. The maximum absolute atomic E-state index is 12.4. The average molecular weight is 339 g/mol. The molecule has 1 fully saturated rings. The van der Waals surface area contributed by atoms with Crippen LogP contribution in [-0.2, 0) is 17.9 Å². The van der Waals surface area contributed by atoms with Gasteiger partial charge in [-0.3, -0.25) is 14.7 Å². The van der Waals surface area contributed by atoms with Crippen molar-refractivity contribution in [2.24, 2.45) is 5.92 Å². The number of para-hydroxylation sites is 1. The zero-order chi connectivity index (χ0) is 17.5. The number of piperidine rings is 1. The molecule has 0 atom stereocenters. The van der Waals surface area contributed by atoms with Gasteiger partial charge in [-0.25, -0.2) is 0 Å². The molecular weight excluding hydrogens is 314 g/mol. The van der Waals surface area contributed by atoms with Gasteiger partial charge in [0.15, 0.2) is 0 Å². The minimum absolute atomic E-state index is 0.102. The summed E-state index contributed by atoms with van der Waals surface area (Å²) in [5.74, 6) is 1.19. The van der Waals surface area contributed by atoms with E-state index in [-0.39, 0.29) is 11.8 Å². The van der Waals surface area contributed by atoms with Crippen LogP contribution in [0.5, 0.6) is 5.75 Å². The van der Waals surface area contributed by atoms with Gasteiger partial charge in [0.2, 0.25) is 5.91 Å². The Morgan fingerprint density at radius 3 is 2.76 bits per heavy atom. The third-order valence-electron chi connectivity index (χ3n) is 4.73. The van der Waals surface area contributed by atoms with Crippen LogP contribution in [0.1, 0.15) is 24.0 Å². The van der Waals surface area contributed by atoms with Gasteiger partial charge in [-0.15, -0.1) is 0 Å². The van der Waals surface area contributed by atoms with E-state index >= 15 is 0 Å². The molecule has 1 aromatic carbocycles. The molecule has 1 aliphatic rings. The van der Waals surface area contributed by atoms with Crippen LogP contribution in [0.15, 0.2) is 48.8 Å². The largest absolute Gasteiger partial charge is 0.496 e. The molecule has 1 saturated heterocycles. The van der Waals surface area contributed by atoms with E-state index in [0.29, 0.717) is 6.54 Å². The number of nitrogens with zero attached hydrogens (tertiary/aromatic N) is 2. The lowest BCUT2D eigenvalue weighted by Gasteiger charge is -2.31. The lowest BCUT2D eigenvalue weighted by molar-refractivity contribution is -0.126. The highest BCUT2D eigenvalue weighted by Crippen LogP contribution is 2.23. The Labute approximate surface area is 149 Å². The minimum atomic E-state index is 0.102. The molecule has 2 heterocycles. The summed E-state index contributed by atoms with van der Waals surface area (Å²) in [4.78, 5) is 18.8. The normalized spacial score (nSPS) is 15.7. The number of carbonyl (C=O) groups excluding carboxylic acids is 1. The first-order chi connectivity index (χ1) is 12.3. The highest BCUT2D eigenvalue weighted by atomic mass is 16.5. The number of carbonyl (C=O) groups is 1. The second-order valence-electron chi connectivity index (χ2n) is 6.44. The third kappa shape index (κ3) is 4.79. The molecule has 132 valence electrons. The number of likely N-dealkylation sites (tertiary alicyclic amines) is 1. The monoisotopic (exact) mass is 339 g/mol. The van der Waals surface area contributed by atoms with Gasteiger partial charge in [0, 0.05) is 37.0 Å². The first-order valence-electron chi connectivity index (χ1n) is 8.77. The van der Waals surface area contributed by atoms with Gasteiger partial charge in [0.25, 0.3) is 0 Å². The van der Waals surface area contributed by atoms with Crippen LogP contribution in [-0.4, -0.2) is 36.0 Å². The number of amides is 1. The fourth-order valence-electron chi connectivity index (χ4n) is 3.26. The van der Waals surface area contributed by atoms with Gasteiger partial charge in [0.05, 0.1) is 7.11 Å². The fourth-order valence-corrected chi connectivity index (χ4v) is 3.26. The lowest BCUT2D eigenvalue weighted by Crippen LogP contribution is -2.40. The number of nitrogens with one attached hydrogen (secondary N) is 1. The third-order valence-corrected chi connectivity index (χ3v) is 4.73. The van der Waals surface area contributed by atoms with E-state index < -0.39 is 0 Å². The van der Waals surface area contributed by atoms with E-state index in [0.717, 1.165) is 43.8 Å². The molecule has 2 aromatic rings. The predicted molar refractivity (Wildman–Crippen MR) is 97.1 cm³/mol. The second kappa shape index (κ2) is 8.62. The van der Waals surface area contributed by atoms with Crippen LogP contribution in [0.3, 0.4) is 0 Å². The summed E-state index contributed by atoms with van der Waals surface area (Å²) < 4.78 is 5.42. The minimum Gasteiger partial charge on any atom is -0.496 e. The Kier molecular flexibility index (Phi) is 6.01. The number of rotatable bonds is 6. The molecule has 0 bridgehead atoms. The second-order valence-corrected chi connectivity index (χ2v) is 6.44. The van der Waals surface area contributed by atoms with Gasteiger partial charge < -0.3 is 10.1 Å². The van der Waals surface area contributed by atoms with E-state index in [1.807, 2.05) is 30.3 Å². The van der Waals surface area contributed by atoms with Gasteiger partial charge >= 0.3 is 0 Å². The van der Waals surface area contributed by atoms with E-state index in [9.17, 15) is 4.79 Å². The average Bonchev–Trinajstić information content (AvgIpc) is 2.68. The van der Waals surface area contributed by atoms with Crippen LogP contribution in [0, 0.1) is 5.92 Å². The van der Waals surface area contributed by atoms with Crippen molar-refractivity contribution in [3.8, 4) is 5.75 Å². The number of hydrogen-bond donors (Lipinski definition) is 1. The van der Waals surface area contributed by atoms with Gasteiger partial charge in [-0.05, 0) is 43.6 Å². The molecule has 1 aliphatic heterocycles. The Hall–Kier alpha value is -2.40. The molecule has 0 saturated carbocycles. The Morgan fingerprint density at radius 2 is 2.04 bits per heavy atom. The van der Waals surface area contributed by atoms with Crippen molar-refractivity contribution < 1.29 is 9.53 Å². The number of aromatic nitrogens is 1. The van der Waals surface area contributed by atoms with Crippen molar-refractivity contribution >= 4 is 5.91 Å². The molecule has 0 aliphatic carbocycles. The molecule has 1 aromatic heterocycles. The fraction of sp³-hybridized carbons (Fsp3) is 0.400. The standard InChI is InChI=1S/C20H25N3O2/c1-25-19-7-3-2-6-18(19)15-23-11-8-17(9-12-23)20(24)22-14-16-5-4-10-21-13-16/h2-7,10,13,17H,8-9,11-12,14-15H2,1H3,(H,22,24). The smallest absolute Gasteiger partial charge is 0.223 e.